The van der Waals surface area contributed by atoms with Crippen LogP contribution in [0.2, 0.25) is 0 Å². The SMILES string of the molecule is CCCCc1nc2cccnc2n1Cc1ccc2oc(-c3ccccc3N)cc2c1. The largest absolute Gasteiger partial charge is 0.456 e. The summed E-state index contributed by atoms with van der Waals surface area (Å²) in [7, 11) is 0. The number of hydrogen-bond acceptors (Lipinski definition) is 4. The summed E-state index contributed by atoms with van der Waals surface area (Å²) in [6.07, 6.45) is 5.05. The number of furan rings is 1. The van der Waals surface area contributed by atoms with E-state index < -0.39 is 0 Å². The zero-order valence-corrected chi connectivity index (χ0v) is 17.0. The van der Waals surface area contributed by atoms with Gasteiger partial charge in [-0.2, -0.15) is 0 Å². The van der Waals surface area contributed by atoms with Gasteiger partial charge in [-0.1, -0.05) is 31.5 Å². The molecule has 0 aliphatic carbocycles. The molecule has 0 radical (unpaired) electrons. The average molecular weight is 396 g/mol. The Morgan fingerprint density at radius 3 is 2.80 bits per heavy atom. The monoisotopic (exact) mass is 396 g/mol. The van der Waals surface area contributed by atoms with Gasteiger partial charge in [-0.25, -0.2) is 9.97 Å². The van der Waals surface area contributed by atoms with E-state index in [1.165, 1.54) is 5.56 Å². The molecule has 5 heteroatoms. The molecule has 0 amide bonds. The van der Waals surface area contributed by atoms with Gasteiger partial charge in [0.15, 0.2) is 5.65 Å². The van der Waals surface area contributed by atoms with Crippen molar-refractivity contribution in [2.24, 2.45) is 0 Å². The van der Waals surface area contributed by atoms with Crippen LogP contribution in [-0.4, -0.2) is 14.5 Å². The highest BCUT2D eigenvalue weighted by Crippen LogP contribution is 2.32. The average Bonchev–Trinajstić information content (AvgIpc) is 3.34. The molecule has 3 aromatic heterocycles. The first-order valence-electron chi connectivity index (χ1n) is 10.4. The maximum absolute atomic E-state index is 6.13. The number of hydrogen-bond donors (Lipinski definition) is 1. The Morgan fingerprint density at radius 1 is 1.03 bits per heavy atom. The number of nitrogen functional groups attached to an aromatic ring is 1. The topological polar surface area (TPSA) is 69.9 Å². The van der Waals surface area contributed by atoms with Gasteiger partial charge in [-0.15, -0.1) is 0 Å². The molecule has 0 saturated carbocycles. The fourth-order valence-electron chi connectivity index (χ4n) is 3.93. The van der Waals surface area contributed by atoms with Crippen LogP contribution in [0.4, 0.5) is 5.69 Å². The first-order valence-corrected chi connectivity index (χ1v) is 10.4. The highest BCUT2D eigenvalue weighted by molar-refractivity contribution is 5.86. The molecule has 150 valence electrons. The van der Waals surface area contributed by atoms with Crippen molar-refractivity contribution in [3.8, 4) is 11.3 Å². The van der Waals surface area contributed by atoms with E-state index in [1.807, 2.05) is 48.7 Å². The van der Waals surface area contributed by atoms with Crippen molar-refractivity contribution in [3.63, 3.8) is 0 Å². The zero-order valence-electron chi connectivity index (χ0n) is 17.0. The number of imidazole rings is 1. The fourth-order valence-corrected chi connectivity index (χ4v) is 3.93. The molecule has 0 atom stereocenters. The molecule has 5 rings (SSSR count). The molecule has 0 bridgehead atoms. The summed E-state index contributed by atoms with van der Waals surface area (Å²) in [5.74, 6) is 1.88. The predicted octanol–water partition coefficient (Wildman–Crippen LogP) is 5.82. The van der Waals surface area contributed by atoms with Crippen molar-refractivity contribution in [1.29, 1.82) is 0 Å². The Labute approximate surface area is 175 Å². The van der Waals surface area contributed by atoms with Crippen LogP contribution in [0.15, 0.2) is 71.3 Å². The molecule has 0 spiro atoms. The van der Waals surface area contributed by atoms with Gasteiger partial charge in [0.2, 0.25) is 0 Å². The van der Waals surface area contributed by atoms with Gasteiger partial charge in [0.1, 0.15) is 22.7 Å². The summed E-state index contributed by atoms with van der Waals surface area (Å²) >= 11 is 0. The molecule has 0 aliphatic heterocycles. The van der Waals surface area contributed by atoms with Crippen LogP contribution >= 0.6 is 0 Å². The minimum atomic E-state index is 0.716. The van der Waals surface area contributed by atoms with E-state index in [9.17, 15) is 0 Å². The van der Waals surface area contributed by atoms with Crippen molar-refractivity contribution in [2.45, 2.75) is 32.7 Å². The third-order valence-electron chi connectivity index (χ3n) is 5.48. The lowest BCUT2D eigenvalue weighted by Crippen LogP contribution is -2.06. The Kier molecular flexibility index (Phi) is 4.71. The summed E-state index contributed by atoms with van der Waals surface area (Å²) in [5.41, 5.74) is 11.7. The van der Waals surface area contributed by atoms with Crippen molar-refractivity contribution in [2.75, 3.05) is 5.73 Å². The molecule has 0 saturated heterocycles. The smallest absolute Gasteiger partial charge is 0.160 e. The second-order valence-electron chi connectivity index (χ2n) is 7.63. The number of aryl methyl sites for hydroxylation is 1. The predicted molar refractivity (Wildman–Crippen MR) is 121 cm³/mol. The van der Waals surface area contributed by atoms with Gasteiger partial charge in [0.05, 0.1) is 6.54 Å². The van der Waals surface area contributed by atoms with Crippen LogP contribution in [0.25, 0.3) is 33.5 Å². The Balaban J connectivity index is 1.52. The van der Waals surface area contributed by atoms with E-state index in [0.29, 0.717) is 5.69 Å². The molecule has 3 heterocycles. The Morgan fingerprint density at radius 2 is 1.93 bits per heavy atom. The number of benzene rings is 2. The molecule has 2 N–H and O–H groups in total. The van der Waals surface area contributed by atoms with Crippen LogP contribution in [0.3, 0.4) is 0 Å². The molecule has 5 nitrogen and oxygen atoms in total. The second-order valence-corrected chi connectivity index (χ2v) is 7.63. The fraction of sp³-hybridized carbons (Fsp3) is 0.200. The molecule has 5 aromatic rings. The molecule has 30 heavy (non-hydrogen) atoms. The van der Waals surface area contributed by atoms with Crippen LogP contribution in [0.1, 0.15) is 31.2 Å². The number of rotatable bonds is 6. The van der Waals surface area contributed by atoms with E-state index in [-0.39, 0.29) is 0 Å². The van der Waals surface area contributed by atoms with Gasteiger partial charge in [-0.3, -0.25) is 0 Å². The van der Waals surface area contributed by atoms with E-state index in [2.05, 4.69) is 34.7 Å². The first-order chi connectivity index (χ1) is 14.7. The quantitative estimate of drug-likeness (QED) is 0.367. The Bertz CT molecular complexity index is 1330. The summed E-state index contributed by atoms with van der Waals surface area (Å²) in [4.78, 5) is 9.42. The highest BCUT2D eigenvalue weighted by atomic mass is 16.3. The first kappa shape index (κ1) is 18.4. The van der Waals surface area contributed by atoms with Gasteiger partial charge in [-0.05, 0) is 54.4 Å². The summed E-state index contributed by atoms with van der Waals surface area (Å²) in [6, 6.07) is 20.1. The maximum Gasteiger partial charge on any atom is 0.160 e. The van der Waals surface area contributed by atoms with E-state index in [4.69, 9.17) is 15.1 Å². The Hall–Kier alpha value is -3.60. The molecular formula is C25H24N4O. The summed E-state index contributed by atoms with van der Waals surface area (Å²) < 4.78 is 8.30. The number of nitrogens with zero attached hydrogens (tertiary/aromatic N) is 3. The number of pyridine rings is 1. The van der Waals surface area contributed by atoms with Crippen LogP contribution < -0.4 is 5.73 Å². The van der Waals surface area contributed by atoms with Crippen molar-refractivity contribution in [1.82, 2.24) is 14.5 Å². The lowest BCUT2D eigenvalue weighted by Gasteiger charge is -2.09. The van der Waals surface area contributed by atoms with E-state index in [0.717, 1.165) is 65.1 Å². The zero-order chi connectivity index (χ0) is 20.5. The second kappa shape index (κ2) is 7.67. The lowest BCUT2D eigenvalue weighted by atomic mass is 10.1. The normalized spacial score (nSPS) is 11.5. The molecular weight excluding hydrogens is 372 g/mol. The molecule has 0 unspecified atom stereocenters. The number of aromatic nitrogens is 3. The van der Waals surface area contributed by atoms with Crippen LogP contribution in [-0.2, 0) is 13.0 Å². The number of para-hydroxylation sites is 1. The van der Waals surface area contributed by atoms with Gasteiger partial charge in [0.25, 0.3) is 0 Å². The van der Waals surface area contributed by atoms with Gasteiger partial charge < -0.3 is 14.7 Å². The highest BCUT2D eigenvalue weighted by Gasteiger charge is 2.13. The molecule has 0 fully saturated rings. The van der Waals surface area contributed by atoms with E-state index >= 15 is 0 Å². The maximum atomic E-state index is 6.13. The minimum Gasteiger partial charge on any atom is -0.456 e. The molecule has 0 aliphatic rings. The minimum absolute atomic E-state index is 0.716. The van der Waals surface area contributed by atoms with E-state index in [1.54, 1.807) is 0 Å². The van der Waals surface area contributed by atoms with Gasteiger partial charge >= 0.3 is 0 Å². The van der Waals surface area contributed by atoms with Crippen LogP contribution in [0.5, 0.6) is 0 Å². The summed E-state index contributed by atoms with van der Waals surface area (Å²) in [6.45, 7) is 2.94. The number of unbranched alkanes of at least 4 members (excludes halogenated alkanes) is 1. The van der Waals surface area contributed by atoms with Crippen molar-refractivity contribution in [3.05, 3.63) is 78.2 Å². The van der Waals surface area contributed by atoms with Crippen molar-refractivity contribution < 1.29 is 4.42 Å². The third-order valence-corrected chi connectivity index (χ3v) is 5.48. The standard InChI is InChI=1S/C25H24N4O/c1-2-3-10-24-28-21-9-6-13-27-25(21)29(24)16-17-11-12-22-18(14-17)15-23(30-22)19-7-4-5-8-20(19)26/h4-9,11-15H,2-3,10,16,26H2,1H3. The van der Waals surface area contributed by atoms with Crippen LogP contribution in [0, 0.1) is 0 Å². The van der Waals surface area contributed by atoms with Crippen molar-refractivity contribution >= 4 is 27.8 Å². The lowest BCUT2D eigenvalue weighted by molar-refractivity contribution is 0.631. The number of anilines is 1. The van der Waals surface area contributed by atoms with Gasteiger partial charge in [0, 0.05) is 29.3 Å². The molecule has 2 aromatic carbocycles. The number of nitrogens with two attached hydrogens (primary N) is 1. The third kappa shape index (κ3) is 3.32. The summed E-state index contributed by atoms with van der Waals surface area (Å²) in [5, 5.41) is 1.07. The number of fused-ring (bicyclic) bond motifs is 2.